The topological polar surface area (TPSA) is 48.0 Å². The average Bonchev–Trinajstić information content (AvgIpc) is 3.52. The molecule has 1 fully saturated rings. The number of ether oxygens (including phenoxy) is 3. The summed E-state index contributed by atoms with van der Waals surface area (Å²) in [6.07, 6.45) is 2.12. The van der Waals surface area contributed by atoms with Gasteiger partial charge in [-0.3, -0.25) is 9.69 Å². The highest BCUT2D eigenvalue weighted by Crippen LogP contribution is 2.61. The highest BCUT2D eigenvalue weighted by molar-refractivity contribution is 5.98. The number of Topliss-reactive ketones (excluding diaryl/α,β-unsaturated/α-hetero) is 1. The molecule has 1 saturated carbocycles. The second-order valence-corrected chi connectivity index (χ2v) is 9.72. The van der Waals surface area contributed by atoms with E-state index in [1.807, 2.05) is 18.2 Å². The number of carbonyl (C=O) groups excluding carboxylic acids is 1. The Kier molecular flexibility index (Phi) is 5.29. The second kappa shape index (κ2) is 7.56. The lowest BCUT2D eigenvalue weighted by molar-refractivity contribution is 0.0834. The Morgan fingerprint density at radius 3 is 2.16 bits per heavy atom. The minimum Gasteiger partial charge on any atom is -0.496 e. The molecule has 1 atom stereocenters. The van der Waals surface area contributed by atoms with Crippen LogP contribution in [0.25, 0.3) is 0 Å². The SMILES string of the molecule is COc1cc2c(cc1OC)C1(CC1)N(CC(=O)c1ccc(OC)c(C(C)(C)C)c1)C2C. The lowest BCUT2D eigenvalue weighted by atomic mass is 9.85. The number of ketones is 1. The number of nitrogens with zero attached hydrogens (tertiary/aromatic N) is 1. The van der Waals surface area contributed by atoms with Crippen molar-refractivity contribution < 1.29 is 19.0 Å². The second-order valence-electron chi connectivity index (χ2n) is 9.72. The monoisotopic (exact) mass is 423 g/mol. The maximum Gasteiger partial charge on any atom is 0.176 e. The van der Waals surface area contributed by atoms with Gasteiger partial charge in [0, 0.05) is 22.7 Å². The number of fused-ring (bicyclic) bond motifs is 2. The van der Waals surface area contributed by atoms with E-state index in [2.05, 4.69) is 44.7 Å². The Hall–Kier alpha value is -2.53. The standard InChI is InChI=1S/C26H33NO4/c1-16-18-13-23(30-6)24(31-7)14-19(18)26(10-11-26)27(16)15-21(28)17-8-9-22(29-5)20(12-17)25(2,3)4/h8-9,12-14,16H,10-11,15H2,1-7H3. The highest BCUT2D eigenvalue weighted by Gasteiger charge is 2.57. The van der Waals surface area contributed by atoms with Crippen LogP contribution in [-0.2, 0) is 11.0 Å². The van der Waals surface area contributed by atoms with Crippen LogP contribution in [0.1, 0.15) is 73.6 Å². The predicted molar refractivity (Wildman–Crippen MR) is 122 cm³/mol. The lowest BCUT2D eigenvalue weighted by Crippen LogP contribution is -2.35. The number of benzene rings is 2. The zero-order valence-corrected chi connectivity index (χ0v) is 19.7. The first-order valence-corrected chi connectivity index (χ1v) is 10.9. The fourth-order valence-corrected chi connectivity index (χ4v) is 5.01. The van der Waals surface area contributed by atoms with Crippen LogP contribution in [0.3, 0.4) is 0 Å². The van der Waals surface area contributed by atoms with Gasteiger partial charge >= 0.3 is 0 Å². The van der Waals surface area contributed by atoms with Crippen LogP contribution in [0, 0.1) is 0 Å². The molecule has 1 spiro atoms. The van der Waals surface area contributed by atoms with Gasteiger partial charge < -0.3 is 14.2 Å². The Balaban J connectivity index is 1.65. The lowest BCUT2D eigenvalue weighted by Gasteiger charge is -2.28. The minimum atomic E-state index is -0.108. The van der Waals surface area contributed by atoms with Gasteiger partial charge in [-0.25, -0.2) is 0 Å². The first-order chi connectivity index (χ1) is 14.7. The molecule has 5 nitrogen and oxygen atoms in total. The number of methoxy groups -OCH3 is 3. The summed E-state index contributed by atoms with van der Waals surface area (Å²) < 4.78 is 16.6. The van der Waals surface area contributed by atoms with Crippen molar-refractivity contribution in [1.29, 1.82) is 0 Å². The van der Waals surface area contributed by atoms with Crippen molar-refractivity contribution in [3.05, 3.63) is 52.6 Å². The Morgan fingerprint density at radius 1 is 1.00 bits per heavy atom. The third-order valence-corrected chi connectivity index (χ3v) is 6.89. The van der Waals surface area contributed by atoms with E-state index in [4.69, 9.17) is 14.2 Å². The summed E-state index contributed by atoms with van der Waals surface area (Å²) in [4.78, 5) is 15.8. The number of hydrogen-bond acceptors (Lipinski definition) is 5. The van der Waals surface area contributed by atoms with Crippen LogP contribution in [0.15, 0.2) is 30.3 Å². The van der Waals surface area contributed by atoms with E-state index in [-0.39, 0.29) is 22.8 Å². The van der Waals surface area contributed by atoms with Gasteiger partial charge in [-0.15, -0.1) is 0 Å². The largest absolute Gasteiger partial charge is 0.496 e. The molecule has 0 saturated heterocycles. The molecular weight excluding hydrogens is 390 g/mol. The summed E-state index contributed by atoms with van der Waals surface area (Å²) in [5.74, 6) is 2.45. The molecule has 1 aliphatic carbocycles. The Bertz CT molecular complexity index is 1020. The molecule has 0 N–H and O–H groups in total. The molecule has 2 aromatic rings. The summed E-state index contributed by atoms with van der Waals surface area (Å²) in [6, 6.07) is 10.1. The first-order valence-electron chi connectivity index (χ1n) is 10.9. The van der Waals surface area contributed by atoms with E-state index >= 15 is 0 Å². The smallest absolute Gasteiger partial charge is 0.176 e. The van der Waals surface area contributed by atoms with Crippen molar-refractivity contribution in [2.45, 2.75) is 57.5 Å². The molecule has 0 amide bonds. The van der Waals surface area contributed by atoms with Crippen LogP contribution in [0.4, 0.5) is 0 Å². The summed E-state index contributed by atoms with van der Waals surface area (Å²) in [5, 5.41) is 0. The normalized spacial score (nSPS) is 19.3. The van der Waals surface area contributed by atoms with Gasteiger partial charge in [-0.05, 0) is 66.6 Å². The van der Waals surface area contributed by atoms with Gasteiger partial charge in [0.25, 0.3) is 0 Å². The van der Waals surface area contributed by atoms with Crippen molar-refractivity contribution in [3.8, 4) is 17.2 Å². The van der Waals surface area contributed by atoms with E-state index in [1.54, 1.807) is 21.3 Å². The van der Waals surface area contributed by atoms with E-state index < -0.39 is 0 Å². The molecule has 4 rings (SSSR count). The molecule has 0 radical (unpaired) electrons. The van der Waals surface area contributed by atoms with E-state index in [9.17, 15) is 4.79 Å². The zero-order chi connectivity index (χ0) is 22.6. The fourth-order valence-electron chi connectivity index (χ4n) is 5.01. The van der Waals surface area contributed by atoms with E-state index in [0.29, 0.717) is 6.54 Å². The third-order valence-electron chi connectivity index (χ3n) is 6.89. The van der Waals surface area contributed by atoms with Crippen LogP contribution >= 0.6 is 0 Å². The molecule has 1 aliphatic heterocycles. The average molecular weight is 424 g/mol. The van der Waals surface area contributed by atoms with Crippen LogP contribution in [0.5, 0.6) is 17.2 Å². The molecule has 1 unspecified atom stereocenters. The van der Waals surface area contributed by atoms with Crippen LogP contribution in [0.2, 0.25) is 0 Å². The summed E-state index contributed by atoms with van der Waals surface area (Å²) in [6.45, 7) is 8.98. The molecular formula is C26H33NO4. The number of hydrogen-bond donors (Lipinski definition) is 0. The van der Waals surface area contributed by atoms with Crippen LogP contribution < -0.4 is 14.2 Å². The van der Waals surface area contributed by atoms with Crippen molar-refractivity contribution in [1.82, 2.24) is 4.90 Å². The van der Waals surface area contributed by atoms with Gasteiger partial charge in [-0.1, -0.05) is 20.8 Å². The third kappa shape index (κ3) is 3.49. The molecule has 166 valence electrons. The van der Waals surface area contributed by atoms with Gasteiger partial charge in [-0.2, -0.15) is 0 Å². The number of rotatable bonds is 6. The molecule has 1 heterocycles. The minimum absolute atomic E-state index is 0.0662. The van der Waals surface area contributed by atoms with Crippen molar-refractivity contribution in [3.63, 3.8) is 0 Å². The van der Waals surface area contributed by atoms with Crippen molar-refractivity contribution in [2.75, 3.05) is 27.9 Å². The molecule has 31 heavy (non-hydrogen) atoms. The molecule has 5 heteroatoms. The molecule has 0 bridgehead atoms. The number of carbonyl (C=O) groups is 1. The molecule has 0 aromatic heterocycles. The molecule has 2 aromatic carbocycles. The van der Waals surface area contributed by atoms with Gasteiger partial charge in [0.15, 0.2) is 17.3 Å². The maximum absolute atomic E-state index is 13.4. The highest BCUT2D eigenvalue weighted by atomic mass is 16.5. The van der Waals surface area contributed by atoms with Crippen molar-refractivity contribution >= 4 is 5.78 Å². The van der Waals surface area contributed by atoms with Gasteiger partial charge in [0.1, 0.15) is 5.75 Å². The summed E-state index contributed by atoms with van der Waals surface area (Å²) in [7, 11) is 5.00. The van der Waals surface area contributed by atoms with Gasteiger partial charge in [0.05, 0.1) is 27.9 Å². The fraction of sp³-hybridized carbons (Fsp3) is 0.500. The van der Waals surface area contributed by atoms with Crippen LogP contribution in [-0.4, -0.2) is 38.6 Å². The van der Waals surface area contributed by atoms with Gasteiger partial charge in [0.2, 0.25) is 0 Å². The predicted octanol–water partition coefficient (Wildman–Crippen LogP) is 5.26. The van der Waals surface area contributed by atoms with Crippen molar-refractivity contribution in [2.24, 2.45) is 0 Å². The molecule has 2 aliphatic rings. The summed E-state index contributed by atoms with van der Waals surface area (Å²) in [5.41, 5.74) is 4.12. The Morgan fingerprint density at radius 2 is 1.61 bits per heavy atom. The van der Waals surface area contributed by atoms with E-state index in [0.717, 1.165) is 41.2 Å². The summed E-state index contributed by atoms with van der Waals surface area (Å²) >= 11 is 0. The zero-order valence-electron chi connectivity index (χ0n) is 19.7. The quantitative estimate of drug-likeness (QED) is 0.593. The first kappa shape index (κ1) is 21.7. The Labute approximate surface area is 185 Å². The van der Waals surface area contributed by atoms with E-state index in [1.165, 1.54) is 11.1 Å². The maximum atomic E-state index is 13.4.